The van der Waals surface area contributed by atoms with Crippen LogP contribution in [0.25, 0.3) is 0 Å². The van der Waals surface area contributed by atoms with Crippen molar-refractivity contribution in [1.29, 1.82) is 0 Å². The Hall–Kier alpha value is -2.12. The van der Waals surface area contributed by atoms with Gasteiger partial charge in [0.25, 0.3) is 0 Å². The first-order chi connectivity index (χ1) is 12.2. The van der Waals surface area contributed by atoms with Gasteiger partial charge in [0.15, 0.2) is 11.6 Å². The molecule has 3 rings (SSSR count). The van der Waals surface area contributed by atoms with Gasteiger partial charge in [0.05, 0.1) is 5.69 Å². The number of benzene rings is 1. The van der Waals surface area contributed by atoms with E-state index in [0.717, 1.165) is 23.7 Å². The first-order valence-corrected chi connectivity index (χ1v) is 9.29. The van der Waals surface area contributed by atoms with E-state index in [4.69, 9.17) is 4.74 Å². The van der Waals surface area contributed by atoms with Gasteiger partial charge >= 0.3 is 0 Å². The molecule has 132 valence electrons. The summed E-state index contributed by atoms with van der Waals surface area (Å²) in [6.45, 7) is 1.11. The molecular formula is C18H20FN3O2S. The molecule has 1 amide bonds. The highest BCUT2D eigenvalue weighted by Gasteiger charge is 2.17. The van der Waals surface area contributed by atoms with E-state index in [-0.39, 0.29) is 24.3 Å². The van der Waals surface area contributed by atoms with Gasteiger partial charge in [0, 0.05) is 48.5 Å². The van der Waals surface area contributed by atoms with Crippen molar-refractivity contribution in [3.8, 4) is 5.75 Å². The minimum Gasteiger partial charge on any atom is -0.484 e. The van der Waals surface area contributed by atoms with Crippen molar-refractivity contribution in [2.24, 2.45) is 0 Å². The number of thioether (sulfide) groups is 1. The smallest absolute Gasteiger partial charge is 0.225 e. The van der Waals surface area contributed by atoms with Crippen LogP contribution in [-0.2, 0) is 11.4 Å². The Morgan fingerprint density at radius 2 is 2.32 bits per heavy atom. The summed E-state index contributed by atoms with van der Waals surface area (Å²) in [4.78, 5) is 16.2. The van der Waals surface area contributed by atoms with Crippen LogP contribution in [0.2, 0.25) is 0 Å². The Labute approximate surface area is 150 Å². The van der Waals surface area contributed by atoms with E-state index in [1.54, 1.807) is 12.3 Å². The summed E-state index contributed by atoms with van der Waals surface area (Å²) in [6.07, 6.45) is 2.04. The van der Waals surface area contributed by atoms with Gasteiger partial charge in [-0.3, -0.25) is 9.78 Å². The zero-order valence-electron chi connectivity index (χ0n) is 13.7. The third kappa shape index (κ3) is 5.44. The highest BCUT2D eigenvalue weighted by Crippen LogP contribution is 2.22. The molecule has 0 aliphatic carbocycles. The number of hydrogen-bond acceptors (Lipinski definition) is 5. The Morgan fingerprint density at radius 1 is 1.40 bits per heavy atom. The number of nitrogens with zero attached hydrogens (tertiary/aromatic N) is 1. The summed E-state index contributed by atoms with van der Waals surface area (Å²) < 4.78 is 19.6. The fourth-order valence-electron chi connectivity index (χ4n) is 2.52. The minimum atomic E-state index is -0.514. The average molecular weight is 361 g/mol. The highest BCUT2D eigenvalue weighted by molar-refractivity contribution is 7.99. The number of amides is 1. The number of anilines is 1. The predicted octanol–water partition coefficient (Wildman–Crippen LogP) is 2.83. The van der Waals surface area contributed by atoms with Crippen molar-refractivity contribution in [3.05, 3.63) is 54.1 Å². The Kier molecular flexibility index (Phi) is 6.25. The summed E-state index contributed by atoms with van der Waals surface area (Å²) in [7, 11) is 0. The van der Waals surface area contributed by atoms with Crippen molar-refractivity contribution in [2.45, 2.75) is 19.1 Å². The molecule has 2 heterocycles. The van der Waals surface area contributed by atoms with E-state index in [2.05, 4.69) is 15.6 Å². The second-order valence-electron chi connectivity index (χ2n) is 5.73. The van der Waals surface area contributed by atoms with Gasteiger partial charge in [-0.05, 0) is 24.3 Å². The fraction of sp³-hybridized carbons (Fsp3) is 0.333. The van der Waals surface area contributed by atoms with Crippen LogP contribution in [0, 0.1) is 5.82 Å². The summed E-state index contributed by atoms with van der Waals surface area (Å²) in [6, 6.07) is 10.1. The topological polar surface area (TPSA) is 63.2 Å². The molecule has 1 aromatic carbocycles. The summed E-state index contributed by atoms with van der Waals surface area (Å²) in [5, 5.41) is 6.04. The molecule has 1 atom stereocenters. The van der Waals surface area contributed by atoms with Crippen LogP contribution in [0.3, 0.4) is 0 Å². The molecule has 1 aliphatic heterocycles. The van der Waals surface area contributed by atoms with E-state index >= 15 is 0 Å². The maximum Gasteiger partial charge on any atom is 0.225 e. The zero-order chi connectivity index (χ0) is 17.5. The van der Waals surface area contributed by atoms with Gasteiger partial charge in [-0.2, -0.15) is 11.8 Å². The van der Waals surface area contributed by atoms with Crippen molar-refractivity contribution in [1.82, 2.24) is 10.3 Å². The number of halogens is 1. The molecule has 1 fully saturated rings. The zero-order valence-corrected chi connectivity index (χ0v) is 14.5. The quantitative estimate of drug-likeness (QED) is 0.828. The first-order valence-electron chi connectivity index (χ1n) is 8.14. The van der Waals surface area contributed by atoms with E-state index in [1.165, 1.54) is 12.1 Å². The molecule has 1 aliphatic rings. The summed E-state index contributed by atoms with van der Waals surface area (Å²) in [5.41, 5.74) is 1.15. The molecule has 1 saturated heterocycles. The van der Waals surface area contributed by atoms with Crippen LogP contribution in [0.5, 0.6) is 5.75 Å². The number of rotatable bonds is 6. The van der Waals surface area contributed by atoms with Gasteiger partial charge in [-0.15, -0.1) is 0 Å². The largest absolute Gasteiger partial charge is 0.484 e. The van der Waals surface area contributed by atoms with Crippen LogP contribution in [0.1, 0.15) is 12.1 Å². The second kappa shape index (κ2) is 8.82. The molecule has 0 radical (unpaired) electrons. The van der Waals surface area contributed by atoms with Crippen LogP contribution >= 0.6 is 11.8 Å². The van der Waals surface area contributed by atoms with Crippen molar-refractivity contribution >= 4 is 23.4 Å². The lowest BCUT2D eigenvalue weighted by Crippen LogP contribution is -2.39. The van der Waals surface area contributed by atoms with Crippen LogP contribution in [0.4, 0.5) is 10.1 Å². The van der Waals surface area contributed by atoms with Gasteiger partial charge in [-0.25, -0.2) is 4.39 Å². The number of carbonyl (C=O) groups excluding carboxylic acids is 1. The van der Waals surface area contributed by atoms with Crippen molar-refractivity contribution in [2.75, 3.05) is 23.4 Å². The minimum absolute atomic E-state index is 0.124. The molecule has 2 aromatic rings. The number of hydrogen-bond donors (Lipinski definition) is 2. The van der Waals surface area contributed by atoms with Gasteiger partial charge in [0.1, 0.15) is 6.61 Å². The highest BCUT2D eigenvalue weighted by atomic mass is 32.2. The Bertz CT molecular complexity index is 709. The number of aromatic nitrogens is 1. The van der Waals surface area contributed by atoms with Crippen LogP contribution < -0.4 is 15.4 Å². The Balaban J connectivity index is 1.53. The summed E-state index contributed by atoms with van der Waals surface area (Å²) >= 11 is 1.84. The normalized spacial score (nSPS) is 17.1. The monoisotopic (exact) mass is 361 g/mol. The lowest BCUT2D eigenvalue weighted by molar-refractivity contribution is -0.116. The number of nitrogens with one attached hydrogen (secondary N) is 2. The number of ether oxygens (including phenoxy) is 1. The van der Waals surface area contributed by atoms with E-state index < -0.39 is 5.82 Å². The molecule has 1 aromatic heterocycles. The maximum atomic E-state index is 14.1. The number of carbonyl (C=O) groups is 1. The SMILES string of the molecule is O=C(CC1CSCCN1)Nc1ccc(OCc2ccccn2)c(F)c1. The third-order valence-corrected chi connectivity index (χ3v) is 4.88. The average Bonchev–Trinajstić information content (AvgIpc) is 2.63. The molecule has 1 unspecified atom stereocenters. The lowest BCUT2D eigenvalue weighted by atomic mass is 10.2. The molecule has 0 bridgehead atoms. The first kappa shape index (κ1) is 17.7. The third-order valence-electron chi connectivity index (χ3n) is 3.75. The molecule has 7 heteroatoms. The van der Waals surface area contributed by atoms with Gasteiger partial charge < -0.3 is 15.4 Å². The van der Waals surface area contributed by atoms with Gasteiger partial charge in [0.2, 0.25) is 5.91 Å². The van der Waals surface area contributed by atoms with Gasteiger partial charge in [-0.1, -0.05) is 6.07 Å². The predicted molar refractivity (Wildman–Crippen MR) is 97.3 cm³/mol. The fourth-order valence-corrected chi connectivity index (χ4v) is 3.47. The van der Waals surface area contributed by atoms with E-state index in [0.29, 0.717) is 12.1 Å². The molecule has 0 spiro atoms. The number of pyridine rings is 1. The van der Waals surface area contributed by atoms with Crippen molar-refractivity contribution < 1.29 is 13.9 Å². The van der Waals surface area contributed by atoms with E-state index in [1.807, 2.05) is 30.0 Å². The molecule has 25 heavy (non-hydrogen) atoms. The second-order valence-corrected chi connectivity index (χ2v) is 6.88. The molecule has 5 nitrogen and oxygen atoms in total. The molecule has 0 saturated carbocycles. The van der Waals surface area contributed by atoms with Crippen LogP contribution in [0.15, 0.2) is 42.6 Å². The van der Waals surface area contributed by atoms with E-state index in [9.17, 15) is 9.18 Å². The van der Waals surface area contributed by atoms with Crippen LogP contribution in [-0.4, -0.2) is 35.0 Å². The summed E-state index contributed by atoms with van der Waals surface area (Å²) in [5.74, 6) is 1.49. The van der Waals surface area contributed by atoms with Crippen molar-refractivity contribution in [3.63, 3.8) is 0 Å². The molecular weight excluding hydrogens is 341 g/mol. The lowest BCUT2D eigenvalue weighted by Gasteiger charge is -2.22. The Morgan fingerprint density at radius 3 is 3.04 bits per heavy atom. The standard InChI is InChI=1S/C18H20FN3O2S/c19-16-9-13(22-18(23)10-15-12-25-8-7-21-15)4-5-17(16)24-11-14-3-1-2-6-20-14/h1-6,9,15,21H,7-8,10-12H2,(H,22,23). The molecule has 2 N–H and O–H groups in total. The maximum absolute atomic E-state index is 14.1.